The minimum Gasteiger partial charge on any atom is -0.494 e. The zero-order chi connectivity index (χ0) is 21.5. The van der Waals surface area contributed by atoms with Gasteiger partial charge >= 0.3 is 0 Å². The first-order chi connectivity index (χ1) is 15.2. The average Bonchev–Trinajstić information content (AvgIpc) is 2.82. The van der Waals surface area contributed by atoms with Crippen LogP contribution in [-0.4, -0.2) is 71.6 Å². The van der Waals surface area contributed by atoms with E-state index in [1.165, 1.54) is 24.8 Å². The summed E-state index contributed by atoms with van der Waals surface area (Å²) in [4.78, 5) is 26.2. The van der Waals surface area contributed by atoms with Crippen molar-refractivity contribution in [3.8, 4) is 5.75 Å². The number of fused-ring (bicyclic) bond motifs is 3. The van der Waals surface area contributed by atoms with Gasteiger partial charge in [-0.15, -0.1) is 0 Å². The Balaban J connectivity index is 1.50. The molecule has 1 atom stereocenters. The maximum atomic E-state index is 13.2. The van der Waals surface area contributed by atoms with Crippen LogP contribution < -0.4 is 10.1 Å². The van der Waals surface area contributed by atoms with Gasteiger partial charge in [0.2, 0.25) is 5.95 Å². The van der Waals surface area contributed by atoms with Crippen LogP contribution in [0.15, 0.2) is 36.7 Å². The van der Waals surface area contributed by atoms with E-state index < -0.39 is 0 Å². The van der Waals surface area contributed by atoms with Crippen molar-refractivity contribution in [2.45, 2.75) is 44.6 Å². The summed E-state index contributed by atoms with van der Waals surface area (Å²) in [6.45, 7) is 4.00. The van der Waals surface area contributed by atoms with E-state index in [9.17, 15) is 4.79 Å². The third-order valence-electron chi connectivity index (χ3n) is 6.32. The van der Waals surface area contributed by atoms with Gasteiger partial charge in [0.25, 0.3) is 5.91 Å². The van der Waals surface area contributed by atoms with Gasteiger partial charge in [-0.3, -0.25) is 9.69 Å². The van der Waals surface area contributed by atoms with Crippen molar-refractivity contribution in [1.29, 1.82) is 0 Å². The molecule has 7 heteroatoms. The van der Waals surface area contributed by atoms with Gasteiger partial charge < -0.3 is 15.0 Å². The molecule has 1 fully saturated rings. The quantitative estimate of drug-likeness (QED) is 0.800. The highest BCUT2D eigenvalue weighted by atomic mass is 16.5. The highest BCUT2D eigenvalue weighted by molar-refractivity contribution is 5.93. The second-order valence-corrected chi connectivity index (χ2v) is 8.41. The van der Waals surface area contributed by atoms with Crippen LogP contribution in [0.2, 0.25) is 0 Å². The summed E-state index contributed by atoms with van der Waals surface area (Å²) in [6.07, 6.45) is 10.00. The van der Waals surface area contributed by atoms with Gasteiger partial charge in [0.05, 0.1) is 12.2 Å². The molecule has 1 amide bonds. The molecule has 2 bridgehead atoms. The van der Waals surface area contributed by atoms with E-state index in [0.29, 0.717) is 37.3 Å². The first kappa shape index (κ1) is 21.6. The highest BCUT2D eigenvalue weighted by Gasteiger charge is 2.24. The minimum absolute atomic E-state index is 0.00898. The number of amides is 1. The lowest BCUT2D eigenvalue weighted by Crippen LogP contribution is -2.45. The Morgan fingerprint density at radius 3 is 2.77 bits per heavy atom. The van der Waals surface area contributed by atoms with E-state index >= 15 is 0 Å². The molecule has 1 N–H and O–H groups in total. The van der Waals surface area contributed by atoms with E-state index in [1.807, 2.05) is 11.0 Å². The van der Waals surface area contributed by atoms with Gasteiger partial charge in [-0.1, -0.05) is 18.6 Å². The topological polar surface area (TPSA) is 70.6 Å². The summed E-state index contributed by atoms with van der Waals surface area (Å²) in [6, 6.07) is 9.05. The normalized spacial score (nSPS) is 20.8. The lowest BCUT2D eigenvalue weighted by atomic mass is 9.95. The molecule has 1 saturated heterocycles. The van der Waals surface area contributed by atoms with Crippen molar-refractivity contribution < 1.29 is 9.53 Å². The summed E-state index contributed by atoms with van der Waals surface area (Å²) in [5.41, 5.74) is 1.88. The van der Waals surface area contributed by atoms with E-state index in [2.05, 4.69) is 38.4 Å². The minimum atomic E-state index is -0.00898. The molecule has 4 rings (SSSR count). The predicted octanol–water partition coefficient (Wildman–Crippen LogP) is 3.23. The Kier molecular flexibility index (Phi) is 7.35. The predicted molar refractivity (Wildman–Crippen MR) is 122 cm³/mol. The summed E-state index contributed by atoms with van der Waals surface area (Å²) in [5, 5.41) is 2.89. The summed E-state index contributed by atoms with van der Waals surface area (Å²) >= 11 is 0. The van der Waals surface area contributed by atoms with Gasteiger partial charge in [0, 0.05) is 45.1 Å². The lowest BCUT2D eigenvalue weighted by molar-refractivity contribution is 0.0682. The number of piperidine rings is 1. The third-order valence-corrected chi connectivity index (χ3v) is 6.32. The van der Waals surface area contributed by atoms with Crippen molar-refractivity contribution >= 4 is 11.9 Å². The number of ether oxygens (including phenoxy) is 1. The fraction of sp³-hybridized carbons (Fsp3) is 0.542. The Morgan fingerprint density at radius 2 is 1.94 bits per heavy atom. The second kappa shape index (κ2) is 10.6. The van der Waals surface area contributed by atoms with E-state index in [4.69, 9.17) is 4.74 Å². The number of hydrogen-bond acceptors (Lipinski definition) is 6. The maximum Gasteiger partial charge on any atom is 0.257 e. The molecule has 0 saturated carbocycles. The van der Waals surface area contributed by atoms with Crippen LogP contribution in [0.3, 0.4) is 0 Å². The lowest BCUT2D eigenvalue weighted by Gasteiger charge is -2.37. The number of aromatic nitrogens is 2. The highest BCUT2D eigenvalue weighted by Crippen LogP contribution is 2.23. The van der Waals surface area contributed by atoms with E-state index in [1.54, 1.807) is 19.4 Å². The number of carbonyl (C=O) groups is 1. The Hall–Kier alpha value is -2.67. The van der Waals surface area contributed by atoms with Gasteiger partial charge in [0.1, 0.15) is 5.75 Å². The number of nitrogens with one attached hydrogen (secondary N) is 1. The van der Waals surface area contributed by atoms with Gasteiger partial charge in [-0.2, -0.15) is 0 Å². The molecule has 1 unspecified atom stereocenters. The molecule has 7 nitrogen and oxygen atoms in total. The van der Waals surface area contributed by atoms with Crippen molar-refractivity contribution in [2.75, 3.05) is 45.2 Å². The van der Waals surface area contributed by atoms with Gasteiger partial charge in [-0.25, -0.2) is 9.97 Å². The van der Waals surface area contributed by atoms with Crippen molar-refractivity contribution in [2.24, 2.45) is 0 Å². The number of anilines is 1. The summed E-state index contributed by atoms with van der Waals surface area (Å²) in [7, 11) is 1.77. The molecule has 3 heterocycles. The Morgan fingerprint density at radius 1 is 1.06 bits per heavy atom. The summed E-state index contributed by atoms with van der Waals surface area (Å²) < 4.78 is 5.98. The summed E-state index contributed by atoms with van der Waals surface area (Å²) in [5.74, 6) is 1.43. The monoisotopic (exact) mass is 423 g/mol. The van der Waals surface area contributed by atoms with Crippen LogP contribution in [-0.2, 0) is 6.42 Å². The van der Waals surface area contributed by atoms with Crippen LogP contribution in [0, 0.1) is 0 Å². The molecule has 2 aliphatic heterocycles. The van der Waals surface area contributed by atoms with Crippen molar-refractivity contribution in [3.05, 3.63) is 47.8 Å². The number of carbonyl (C=O) groups excluding carboxylic acids is 1. The Labute approximate surface area is 184 Å². The molecule has 0 aliphatic carbocycles. The molecule has 1 aromatic heterocycles. The second-order valence-electron chi connectivity index (χ2n) is 8.41. The first-order valence-corrected chi connectivity index (χ1v) is 11.5. The molecule has 31 heavy (non-hydrogen) atoms. The fourth-order valence-corrected chi connectivity index (χ4v) is 4.56. The molecular formula is C24H33N5O2. The van der Waals surface area contributed by atoms with Crippen LogP contribution in [0.5, 0.6) is 5.75 Å². The number of rotatable bonds is 2. The maximum absolute atomic E-state index is 13.2. The zero-order valence-corrected chi connectivity index (χ0v) is 18.4. The van der Waals surface area contributed by atoms with Crippen LogP contribution in [0.1, 0.15) is 48.0 Å². The first-order valence-electron chi connectivity index (χ1n) is 11.5. The SMILES string of the molecule is CNc1ncc(C(=O)N2CCCOc3cccc(c3)CCC3CCCCN3CC2)cn1. The van der Waals surface area contributed by atoms with Gasteiger partial charge in [-0.05, 0) is 56.3 Å². The number of nitrogens with zero attached hydrogens (tertiary/aromatic N) is 4. The van der Waals surface area contributed by atoms with Crippen molar-refractivity contribution in [1.82, 2.24) is 19.8 Å². The fourth-order valence-electron chi connectivity index (χ4n) is 4.56. The number of hydrogen-bond donors (Lipinski definition) is 1. The smallest absolute Gasteiger partial charge is 0.257 e. The standard InChI is InChI=1S/C24H33N5O2/c1-25-24-26-17-20(18-27-24)23(30)29-12-5-15-31-22-8-4-6-19(16-22)9-10-21-7-2-3-11-28(21)13-14-29/h4,6,8,16-18,21H,2-3,5,7,9-15H2,1H3,(H,25,26,27). The molecule has 2 aliphatic rings. The average molecular weight is 424 g/mol. The van der Waals surface area contributed by atoms with E-state index in [0.717, 1.165) is 38.1 Å². The number of benzene rings is 1. The molecule has 1 aromatic carbocycles. The molecule has 0 spiro atoms. The number of aryl methyl sites for hydroxylation is 1. The molecule has 166 valence electrons. The van der Waals surface area contributed by atoms with E-state index in [-0.39, 0.29) is 5.91 Å². The molecule has 2 aromatic rings. The van der Waals surface area contributed by atoms with Gasteiger partial charge in [0.15, 0.2) is 0 Å². The molecular weight excluding hydrogens is 390 g/mol. The van der Waals surface area contributed by atoms with Crippen LogP contribution >= 0.6 is 0 Å². The third kappa shape index (κ3) is 5.73. The Bertz CT molecular complexity index is 857. The largest absolute Gasteiger partial charge is 0.494 e. The molecule has 0 radical (unpaired) electrons. The van der Waals surface area contributed by atoms with Crippen molar-refractivity contribution in [3.63, 3.8) is 0 Å². The van der Waals surface area contributed by atoms with Crippen LogP contribution in [0.25, 0.3) is 0 Å². The van der Waals surface area contributed by atoms with Crippen LogP contribution in [0.4, 0.5) is 5.95 Å². The zero-order valence-electron chi connectivity index (χ0n) is 18.4.